The Balaban J connectivity index is 1.88. The highest BCUT2D eigenvalue weighted by Gasteiger charge is 2.08. The molecule has 0 spiro atoms. The summed E-state index contributed by atoms with van der Waals surface area (Å²) in [5.74, 6) is 1.31. The van der Waals surface area contributed by atoms with Crippen LogP contribution in [-0.4, -0.2) is 25.7 Å². The van der Waals surface area contributed by atoms with Crippen LogP contribution < -0.4 is 14.8 Å². The van der Waals surface area contributed by atoms with E-state index in [1.807, 2.05) is 50.2 Å². The minimum atomic E-state index is -0.288. The van der Waals surface area contributed by atoms with Crippen LogP contribution in [0, 0.1) is 25.2 Å². The zero-order valence-electron chi connectivity index (χ0n) is 15.5. The monoisotopic (exact) mass is 386 g/mol. The van der Waals surface area contributed by atoms with E-state index < -0.39 is 0 Å². The Bertz CT molecular complexity index is 810. The Morgan fingerprint density at radius 2 is 1.85 bits per heavy atom. The Morgan fingerprint density at radius 1 is 1.15 bits per heavy atom. The van der Waals surface area contributed by atoms with E-state index >= 15 is 0 Å². The first kappa shape index (κ1) is 20.6. The molecule has 0 atom stereocenters. The predicted octanol–water partition coefficient (Wildman–Crippen LogP) is 3.99. The van der Waals surface area contributed by atoms with Gasteiger partial charge in [0.1, 0.15) is 31.1 Å². The third kappa shape index (κ3) is 6.50. The van der Waals surface area contributed by atoms with Gasteiger partial charge in [0, 0.05) is 11.6 Å². The largest absolute Gasteiger partial charge is 0.490 e. The second-order valence-electron chi connectivity index (χ2n) is 6.10. The molecule has 27 heavy (non-hydrogen) atoms. The lowest BCUT2D eigenvalue weighted by Gasteiger charge is -2.15. The molecular weight excluding hydrogens is 364 g/mol. The zero-order valence-corrected chi connectivity index (χ0v) is 16.3. The van der Waals surface area contributed by atoms with E-state index in [0.717, 1.165) is 22.4 Å². The lowest BCUT2D eigenvalue weighted by molar-refractivity contribution is -0.120. The molecule has 0 unspecified atom stereocenters. The number of carbonyl (C=O) groups is 1. The molecule has 0 aliphatic rings. The number of nitrogens with zero attached hydrogens (tertiary/aromatic N) is 1. The van der Waals surface area contributed by atoms with Crippen LogP contribution in [0.3, 0.4) is 0 Å². The van der Waals surface area contributed by atoms with Crippen molar-refractivity contribution >= 4 is 17.5 Å². The number of hydrogen-bond donors (Lipinski definition) is 1. The molecule has 0 aliphatic carbocycles. The highest BCUT2D eigenvalue weighted by molar-refractivity contribution is 6.30. The van der Waals surface area contributed by atoms with Crippen molar-refractivity contribution < 1.29 is 14.3 Å². The molecule has 142 valence electrons. The Labute approximate surface area is 164 Å². The van der Waals surface area contributed by atoms with Crippen LogP contribution in [0.1, 0.15) is 23.1 Å². The molecule has 2 rings (SSSR count). The van der Waals surface area contributed by atoms with Crippen LogP contribution in [0.25, 0.3) is 0 Å². The average molecular weight is 387 g/mol. The molecule has 0 aromatic heterocycles. The number of aryl methyl sites for hydroxylation is 2. The standard InChI is InChI=1S/C21H23ClN2O3/c1-15-4-3-5-16(2)21(15)27-13-12-26-19-7-6-18(22)14-17(19)9-11-24-20(25)8-10-23/h3-7,14H,8-9,11-13H2,1-2H3,(H,24,25). The van der Waals surface area contributed by atoms with Crippen LogP contribution in [0.15, 0.2) is 36.4 Å². The predicted molar refractivity (Wildman–Crippen MR) is 105 cm³/mol. The van der Waals surface area contributed by atoms with Gasteiger partial charge in [-0.3, -0.25) is 4.79 Å². The first-order chi connectivity index (χ1) is 13.0. The molecular formula is C21H23ClN2O3. The van der Waals surface area contributed by atoms with E-state index in [-0.39, 0.29) is 12.3 Å². The van der Waals surface area contributed by atoms with Crippen LogP contribution >= 0.6 is 11.6 Å². The van der Waals surface area contributed by atoms with E-state index in [1.54, 1.807) is 6.07 Å². The Kier molecular flexibility index (Phi) is 7.97. The number of halogens is 1. The van der Waals surface area contributed by atoms with Gasteiger partial charge < -0.3 is 14.8 Å². The third-order valence-electron chi connectivity index (χ3n) is 3.97. The summed E-state index contributed by atoms with van der Waals surface area (Å²) in [5, 5.41) is 11.8. The van der Waals surface area contributed by atoms with Crippen molar-refractivity contribution in [2.75, 3.05) is 19.8 Å². The van der Waals surface area contributed by atoms with Crippen LogP contribution in [0.2, 0.25) is 5.02 Å². The van der Waals surface area contributed by atoms with Crippen LogP contribution in [-0.2, 0) is 11.2 Å². The molecule has 0 saturated heterocycles. The lowest BCUT2D eigenvalue weighted by atomic mass is 10.1. The Hall–Kier alpha value is -2.71. The minimum Gasteiger partial charge on any atom is -0.490 e. The number of nitrogens with one attached hydrogen (secondary N) is 1. The van der Waals surface area contributed by atoms with Crippen molar-refractivity contribution in [3.8, 4) is 17.6 Å². The summed E-state index contributed by atoms with van der Waals surface area (Å²) in [6, 6.07) is 13.3. The van der Waals surface area contributed by atoms with Gasteiger partial charge >= 0.3 is 0 Å². The number of nitriles is 1. The average Bonchev–Trinajstić information content (AvgIpc) is 2.62. The minimum absolute atomic E-state index is 0.144. The van der Waals surface area contributed by atoms with Gasteiger partial charge in [-0.1, -0.05) is 29.8 Å². The number of amides is 1. The highest BCUT2D eigenvalue weighted by Crippen LogP contribution is 2.24. The van der Waals surface area contributed by atoms with Gasteiger partial charge in [0.05, 0.1) is 6.07 Å². The van der Waals surface area contributed by atoms with Crippen molar-refractivity contribution in [3.05, 3.63) is 58.1 Å². The lowest BCUT2D eigenvalue weighted by Crippen LogP contribution is -2.25. The van der Waals surface area contributed by atoms with E-state index in [2.05, 4.69) is 5.32 Å². The Morgan fingerprint density at radius 3 is 2.56 bits per heavy atom. The maximum Gasteiger partial charge on any atom is 0.234 e. The highest BCUT2D eigenvalue weighted by atomic mass is 35.5. The van der Waals surface area contributed by atoms with E-state index in [0.29, 0.717) is 37.0 Å². The molecule has 0 bridgehead atoms. The summed E-state index contributed by atoms with van der Waals surface area (Å²) < 4.78 is 11.7. The molecule has 2 aromatic rings. The molecule has 2 aromatic carbocycles. The van der Waals surface area contributed by atoms with Crippen molar-refractivity contribution in [3.63, 3.8) is 0 Å². The van der Waals surface area contributed by atoms with Gasteiger partial charge in [-0.25, -0.2) is 0 Å². The maximum absolute atomic E-state index is 11.4. The fourth-order valence-electron chi connectivity index (χ4n) is 2.68. The first-order valence-electron chi connectivity index (χ1n) is 8.75. The molecule has 6 heteroatoms. The number of para-hydroxylation sites is 1. The summed E-state index contributed by atoms with van der Waals surface area (Å²) in [6.45, 7) is 5.26. The number of ether oxygens (including phenoxy) is 2. The molecule has 0 radical (unpaired) electrons. The fraction of sp³-hybridized carbons (Fsp3) is 0.333. The third-order valence-corrected chi connectivity index (χ3v) is 4.21. The first-order valence-corrected chi connectivity index (χ1v) is 9.13. The zero-order chi connectivity index (χ0) is 19.6. The summed E-state index contributed by atoms with van der Waals surface area (Å²) in [5.41, 5.74) is 3.08. The van der Waals surface area contributed by atoms with Crippen molar-refractivity contribution in [2.45, 2.75) is 26.7 Å². The molecule has 1 N–H and O–H groups in total. The second-order valence-corrected chi connectivity index (χ2v) is 6.54. The fourth-order valence-corrected chi connectivity index (χ4v) is 2.87. The van der Waals surface area contributed by atoms with Crippen molar-refractivity contribution in [2.24, 2.45) is 0 Å². The number of benzene rings is 2. The van der Waals surface area contributed by atoms with Gasteiger partial charge in [0.25, 0.3) is 0 Å². The summed E-state index contributed by atoms with van der Waals surface area (Å²) in [4.78, 5) is 11.4. The topological polar surface area (TPSA) is 71.3 Å². The molecule has 5 nitrogen and oxygen atoms in total. The van der Waals surface area contributed by atoms with Gasteiger partial charge in [-0.05, 0) is 55.2 Å². The van der Waals surface area contributed by atoms with E-state index in [1.165, 1.54) is 0 Å². The van der Waals surface area contributed by atoms with Crippen molar-refractivity contribution in [1.29, 1.82) is 5.26 Å². The smallest absolute Gasteiger partial charge is 0.234 e. The van der Waals surface area contributed by atoms with Gasteiger partial charge in [0.2, 0.25) is 5.91 Å². The number of hydrogen-bond acceptors (Lipinski definition) is 4. The number of carbonyl (C=O) groups excluding carboxylic acids is 1. The molecule has 0 heterocycles. The van der Waals surface area contributed by atoms with E-state index in [9.17, 15) is 4.79 Å². The molecule has 1 amide bonds. The second kappa shape index (κ2) is 10.4. The summed E-state index contributed by atoms with van der Waals surface area (Å²) in [7, 11) is 0. The quantitative estimate of drug-likeness (QED) is 0.661. The van der Waals surface area contributed by atoms with Gasteiger partial charge in [0.15, 0.2) is 0 Å². The molecule has 0 saturated carbocycles. The molecule has 0 fully saturated rings. The summed E-state index contributed by atoms with van der Waals surface area (Å²) >= 11 is 6.07. The number of rotatable bonds is 9. The van der Waals surface area contributed by atoms with Gasteiger partial charge in [-0.15, -0.1) is 0 Å². The maximum atomic E-state index is 11.4. The normalized spacial score (nSPS) is 10.1. The summed E-state index contributed by atoms with van der Waals surface area (Å²) in [6.07, 6.45) is 0.416. The molecule has 0 aliphatic heterocycles. The van der Waals surface area contributed by atoms with Crippen LogP contribution in [0.4, 0.5) is 0 Å². The SMILES string of the molecule is Cc1cccc(C)c1OCCOc1ccc(Cl)cc1CCNC(=O)CC#N. The van der Waals surface area contributed by atoms with Crippen LogP contribution in [0.5, 0.6) is 11.5 Å². The van der Waals surface area contributed by atoms with E-state index in [4.69, 9.17) is 26.3 Å². The van der Waals surface area contributed by atoms with Gasteiger partial charge in [-0.2, -0.15) is 5.26 Å². The van der Waals surface area contributed by atoms with Crippen molar-refractivity contribution in [1.82, 2.24) is 5.32 Å².